The summed E-state index contributed by atoms with van der Waals surface area (Å²) in [6.45, 7) is 0. The summed E-state index contributed by atoms with van der Waals surface area (Å²) in [5.41, 5.74) is 0.943. The van der Waals surface area contributed by atoms with Gasteiger partial charge in [0.25, 0.3) is 5.56 Å². The molecular formula is C12H12N2O3. The summed E-state index contributed by atoms with van der Waals surface area (Å²) >= 11 is 0. The molecule has 0 unspecified atom stereocenters. The van der Waals surface area contributed by atoms with E-state index in [1.807, 2.05) is 0 Å². The van der Waals surface area contributed by atoms with Crippen LogP contribution in [-0.4, -0.2) is 24.2 Å². The molecule has 0 spiro atoms. The van der Waals surface area contributed by atoms with Crippen LogP contribution in [0.25, 0.3) is 11.1 Å². The minimum atomic E-state index is -0.205. The highest BCUT2D eigenvalue weighted by molar-refractivity contribution is 5.70. The largest absolute Gasteiger partial charge is 0.497 e. The van der Waals surface area contributed by atoms with Crippen LogP contribution in [0.5, 0.6) is 11.5 Å². The molecule has 1 heterocycles. The Hall–Kier alpha value is -2.30. The molecule has 5 nitrogen and oxygen atoms in total. The van der Waals surface area contributed by atoms with Gasteiger partial charge in [-0.1, -0.05) is 0 Å². The van der Waals surface area contributed by atoms with Crippen molar-refractivity contribution in [3.05, 3.63) is 41.1 Å². The fraction of sp³-hybridized carbons (Fsp3) is 0.167. The maximum absolute atomic E-state index is 11.7. The zero-order valence-electron chi connectivity index (χ0n) is 9.56. The molecule has 5 heteroatoms. The highest BCUT2D eigenvalue weighted by atomic mass is 16.5. The topological polar surface area (TPSA) is 64.2 Å². The molecular weight excluding hydrogens is 220 g/mol. The number of methoxy groups -OCH3 is 2. The molecule has 0 saturated heterocycles. The lowest BCUT2D eigenvalue weighted by molar-refractivity contribution is 0.395. The molecule has 0 atom stereocenters. The number of aromatic nitrogens is 2. The summed E-state index contributed by atoms with van der Waals surface area (Å²) in [5, 5.41) is 0. The van der Waals surface area contributed by atoms with Crippen molar-refractivity contribution in [3.8, 4) is 22.6 Å². The highest BCUT2D eigenvalue weighted by Crippen LogP contribution is 2.30. The molecule has 2 aromatic rings. The Balaban J connectivity index is 2.60. The Morgan fingerprint density at radius 3 is 2.65 bits per heavy atom. The lowest BCUT2D eigenvalue weighted by atomic mass is 10.1. The molecule has 1 aromatic heterocycles. The van der Waals surface area contributed by atoms with Crippen LogP contribution in [0.3, 0.4) is 0 Å². The molecule has 88 valence electrons. The molecule has 0 saturated carbocycles. The fourth-order valence-electron chi connectivity index (χ4n) is 1.56. The van der Waals surface area contributed by atoms with Crippen molar-refractivity contribution < 1.29 is 9.47 Å². The van der Waals surface area contributed by atoms with Crippen LogP contribution in [0.4, 0.5) is 0 Å². The molecule has 0 aliphatic carbocycles. The Kier molecular flexibility index (Phi) is 3.09. The number of aromatic amines is 1. The average Bonchev–Trinajstić information content (AvgIpc) is 2.38. The van der Waals surface area contributed by atoms with E-state index < -0.39 is 0 Å². The zero-order chi connectivity index (χ0) is 12.3. The summed E-state index contributed by atoms with van der Waals surface area (Å²) in [7, 11) is 3.12. The van der Waals surface area contributed by atoms with E-state index in [1.165, 1.54) is 12.5 Å². The predicted octanol–water partition coefficient (Wildman–Crippen LogP) is 1.45. The Bertz CT molecular complexity index is 578. The number of benzene rings is 1. The van der Waals surface area contributed by atoms with Gasteiger partial charge in [-0.15, -0.1) is 0 Å². The van der Waals surface area contributed by atoms with Gasteiger partial charge in [-0.2, -0.15) is 0 Å². The second-order valence-electron chi connectivity index (χ2n) is 3.36. The van der Waals surface area contributed by atoms with Gasteiger partial charge in [-0.05, 0) is 12.1 Å². The SMILES string of the molecule is COc1ccc(-c2cnc[nH]c2=O)c(OC)c1. The maximum atomic E-state index is 11.7. The van der Waals surface area contributed by atoms with Crippen LogP contribution in [0.15, 0.2) is 35.5 Å². The number of rotatable bonds is 3. The van der Waals surface area contributed by atoms with Crippen LogP contribution < -0.4 is 15.0 Å². The van der Waals surface area contributed by atoms with Gasteiger partial charge in [0.05, 0.1) is 26.1 Å². The number of nitrogens with zero attached hydrogens (tertiary/aromatic N) is 1. The van der Waals surface area contributed by atoms with Crippen LogP contribution >= 0.6 is 0 Å². The van der Waals surface area contributed by atoms with Gasteiger partial charge in [0.1, 0.15) is 11.5 Å². The van der Waals surface area contributed by atoms with Gasteiger partial charge < -0.3 is 14.5 Å². The van der Waals surface area contributed by atoms with Crippen molar-refractivity contribution in [2.45, 2.75) is 0 Å². The molecule has 1 aromatic carbocycles. The van der Waals surface area contributed by atoms with Crippen molar-refractivity contribution in [1.29, 1.82) is 0 Å². The van der Waals surface area contributed by atoms with Crippen LogP contribution in [0.2, 0.25) is 0 Å². The number of ether oxygens (including phenoxy) is 2. The van der Waals surface area contributed by atoms with E-state index >= 15 is 0 Å². The first-order chi connectivity index (χ1) is 8.26. The first-order valence-electron chi connectivity index (χ1n) is 5.01. The van der Waals surface area contributed by atoms with Crippen molar-refractivity contribution >= 4 is 0 Å². The van der Waals surface area contributed by atoms with Crippen molar-refractivity contribution in [1.82, 2.24) is 9.97 Å². The maximum Gasteiger partial charge on any atom is 0.258 e. The third-order valence-corrected chi connectivity index (χ3v) is 2.42. The second-order valence-corrected chi connectivity index (χ2v) is 3.36. The van der Waals surface area contributed by atoms with Crippen LogP contribution in [-0.2, 0) is 0 Å². The highest BCUT2D eigenvalue weighted by Gasteiger charge is 2.10. The Morgan fingerprint density at radius 2 is 2.00 bits per heavy atom. The van der Waals surface area contributed by atoms with Crippen LogP contribution in [0, 0.1) is 0 Å². The quantitative estimate of drug-likeness (QED) is 0.870. The molecule has 0 fully saturated rings. The molecule has 1 N–H and O–H groups in total. The van der Waals surface area contributed by atoms with Crippen molar-refractivity contribution in [2.75, 3.05) is 14.2 Å². The first kappa shape index (κ1) is 11.2. The van der Waals surface area contributed by atoms with Gasteiger partial charge in [0.2, 0.25) is 0 Å². The predicted molar refractivity (Wildman–Crippen MR) is 63.4 cm³/mol. The minimum absolute atomic E-state index is 0.205. The number of H-pyrrole nitrogens is 1. The van der Waals surface area contributed by atoms with E-state index in [9.17, 15) is 4.79 Å². The third kappa shape index (κ3) is 2.13. The standard InChI is InChI=1S/C12H12N2O3/c1-16-8-3-4-9(11(5-8)17-2)10-6-13-7-14-12(10)15/h3-7H,1-2H3,(H,13,14,15). The van der Waals surface area contributed by atoms with Crippen molar-refractivity contribution in [3.63, 3.8) is 0 Å². The van der Waals surface area contributed by atoms with Gasteiger partial charge in [0, 0.05) is 17.8 Å². The molecule has 0 aliphatic heterocycles. The van der Waals surface area contributed by atoms with E-state index in [1.54, 1.807) is 32.4 Å². The van der Waals surface area contributed by atoms with E-state index in [0.717, 1.165) is 0 Å². The summed E-state index contributed by atoms with van der Waals surface area (Å²) in [4.78, 5) is 18.1. The van der Waals surface area contributed by atoms with E-state index in [2.05, 4.69) is 9.97 Å². The molecule has 0 bridgehead atoms. The van der Waals surface area contributed by atoms with Crippen molar-refractivity contribution in [2.24, 2.45) is 0 Å². The lowest BCUT2D eigenvalue weighted by Crippen LogP contribution is -2.09. The molecule has 0 aliphatic rings. The first-order valence-corrected chi connectivity index (χ1v) is 5.01. The fourth-order valence-corrected chi connectivity index (χ4v) is 1.56. The average molecular weight is 232 g/mol. The summed E-state index contributed by atoms with van der Waals surface area (Å²) in [6, 6.07) is 5.26. The third-order valence-electron chi connectivity index (χ3n) is 2.42. The number of hydrogen-bond acceptors (Lipinski definition) is 4. The van der Waals surface area contributed by atoms with E-state index in [4.69, 9.17) is 9.47 Å². The number of hydrogen-bond donors (Lipinski definition) is 1. The van der Waals surface area contributed by atoms with E-state index in [0.29, 0.717) is 22.6 Å². The molecule has 0 amide bonds. The summed E-state index contributed by atoms with van der Waals surface area (Å²) < 4.78 is 10.3. The monoisotopic (exact) mass is 232 g/mol. The van der Waals surface area contributed by atoms with Gasteiger partial charge in [-0.25, -0.2) is 4.98 Å². The van der Waals surface area contributed by atoms with Gasteiger partial charge in [-0.3, -0.25) is 4.79 Å². The van der Waals surface area contributed by atoms with E-state index in [-0.39, 0.29) is 5.56 Å². The Labute approximate surface area is 98.0 Å². The summed E-state index contributed by atoms with van der Waals surface area (Å²) in [5.74, 6) is 1.24. The van der Waals surface area contributed by atoms with Crippen LogP contribution in [0.1, 0.15) is 0 Å². The molecule has 2 rings (SSSR count). The lowest BCUT2D eigenvalue weighted by Gasteiger charge is -2.09. The van der Waals surface area contributed by atoms with Gasteiger partial charge in [0.15, 0.2) is 0 Å². The number of nitrogens with one attached hydrogen (secondary N) is 1. The Morgan fingerprint density at radius 1 is 1.18 bits per heavy atom. The molecule has 17 heavy (non-hydrogen) atoms. The summed E-state index contributed by atoms with van der Waals surface area (Å²) in [6.07, 6.45) is 2.85. The zero-order valence-corrected chi connectivity index (χ0v) is 9.56. The normalized spacial score (nSPS) is 10.0. The minimum Gasteiger partial charge on any atom is -0.497 e. The van der Waals surface area contributed by atoms with Gasteiger partial charge >= 0.3 is 0 Å². The second kappa shape index (κ2) is 4.69. The smallest absolute Gasteiger partial charge is 0.258 e. The molecule has 0 radical (unpaired) electrons.